The first-order valence-corrected chi connectivity index (χ1v) is 14.4. The number of amides is 1. The molecule has 0 bridgehead atoms. The van der Waals surface area contributed by atoms with E-state index in [1.807, 2.05) is 0 Å². The molecule has 0 atom stereocenters. The number of nitrogens with one attached hydrogen (secondary N) is 1. The average Bonchev–Trinajstić information content (AvgIpc) is 3.71. The van der Waals surface area contributed by atoms with Gasteiger partial charge in [-0.15, -0.1) is 13.2 Å². The third-order valence-corrected chi connectivity index (χ3v) is 8.43. The highest BCUT2D eigenvalue weighted by molar-refractivity contribution is 6.04. The second kappa shape index (κ2) is 13.7. The maximum absolute atomic E-state index is 12.4. The first-order chi connectivity index (χ1) is 19.1. The quantitative estimate of drug-likeness (QED) is 0.299. The monoisotopic (exact) mass is 524 g/mol. The highest BCUT2D eigenvalue weighted by Crippen LogP contribution is 2.40. The van der Waals surface area contributed by atoms with Crippen LogP contribution < -0.4 is 5.32 Å². The molecule has 4 aliphatic rings. The zero-order valence-corrected chi connectivity index (χ0v) is 23.6. The van der Waals surface area contributed by atoms with Gasteiger partial charge in [-0.25, -0.2) is 4.99 Å². The molecule has 5 heteroatoms. The van der Waals surface area contributed by atoms with Gasteiger partial charge in [0.05, 0.1) is 6.42 Å². The Hall–Kier alpha value is -3.31. The van der Waals surface area contributed by atoms with Gasteiger partial charge in [-0.3, -0.25) is 9.79 Å². The van der Waals surface area contributed by atoms with Crippen molar-refractivity contribution in [3.8, 4) is 0 Å². The topological polar surface area (TPSA) is 57.1 Å². The fourth-order valence-corrected chi connectivity index (χ4v) is 5.77. The van der Waals surface area contributed by atoms with E-state index in [0.29, 0.717) is 17.7 Å². The standard InChI is InChI=1S/C18H24N2O.C14H16N2.C2H4/c21-17(20-9-7-18(8-10-20)12-19-13-18)11-14-1-3-15(4-2-14)16-5-6-16;1-3-9-16-14(15-2)13-8-7-11-5-4-6-12(11)10-13;1-2/h1-4,16,19H,5-13H2;3,7-10H,1,4-6H2,2H3;1-2H2. The van der Waals surface area contributed by atoms with Crippen molar-refractivity contribution < 1.29 is 4.79 Å². The lowest BCUT2D eigenvalue weighted by Gasteiger charge is -2.48. The number of allylic oxidation sites excluding steroid dienone is 1. The summed E-state index contributed by atoms with van der Waals surface area (Å²) < 4.78 is 0. The number of aliphatic imine (C=N–C) groups is 2. The van der Waals surface area contributed by atoms with E-state index in [1.54, 1.807) is 19.3 Å². The van der Waals surface area contributed by atoms with Gasteiger partial charge in [-0.05, 0) is 84.6 Å². The van der Waals surface area contributed by atoms with Gasteiger partial charge in [0.25, 0.3) is 0 Å². The van der Waals surface area contributed by atoms with Crippen molar-refractivity contribution >= 4 is 18.0 Å². The van der Waals surface area contributed by atoms with E-state index in [1.165, 1.54) is 61.6 Å². The van der Waals surface area contributed by atoms with Crippen LogP contribution in [0.2, 0.25) is 0 Å². The van der Waals surface area contributed by atoms with E-state index >= 15 is 0 Å². The third kappa shape index (κ3) is 7.42. The minimum absolute atomic E-state index is 0.302. The van der Waals surface area contributed by atoms with Crippen LogP contribution in [0.5, 0.6) is 0 Å². The van der Waals surface area contributed by atoms with Crippen LogP contribution in [-0.2, 0) is 24.1 Å². The summed E-state index contributed by atoms with van der Waals surface area (Å²) in [4.78, 5) is 22.9. The van der Waals surface area contributed by atoms with Crippen LogP contribution in [0, 0.1) is 5.41 Å². The van der Waals surface area contributed by atoms with Crippen molar-refractivity contribution in [1.82, 2.24) is 10.2 Å². The van der Waals surface area contributed by atoms with Gasteiger partial charge in [-0.2, -0.15) is 0 Å². The Labute approximate surface area is 234 Å². The second-order valence-electron chi connectivity index (χ2n) is 11.1. The van der Waals surface area contributed by atoms with E-state index in [2.05, 4.69) is 82.4 Å². The molecule has 2 heterocycles. The van der Waals surface area contributed by atoms with Crippen LogP contribution in [0.3, 0.4) is 0 Å². The van der Waals surface area contributed by atoms with Crippen molar-refractivity contribution in [2.45, 2.75) is 57.3 Å². The van der Waals surface area contributed by atoms with Gasteiger partial charge in [0.15, 0.2) is 5.84 Å². The van der Waals surface area contributed by atoms with Crippen molar-refractivity contribution in [3.63, 3.8) is 0 Å². The molecule has 1 N–H and O–H groups in total. The number of hydrogen-bond acceptors (Lipinski definition) is 3. The molecule has 0 unspecified atom stereocenters. The molecular weight excluding hydrogens is 480 g/mol. The normalized spacial score (nSPS) is 19.3. The number of carbonyl (C=O) groups is 1. The predicted octanol–water partition coefficient (Wildman–Crippen LogP) is 5.93. The zero-order chi connectivity index (χ0) is 27.7. The van der Waals surface area contributed by atoms with Gasteiger partial charge >= 0.3 is 0 Å². The summed E-state index contributed by atoms with van der Waals surface area (Å²) in [6.07, 6.45) is 12.6. The predicted molar refractivity (Wildman–Crippen MR) is 164 cm³/mol. The largest absolute Gasteiger partial charge is 0.342 e. The summed E-state index contributed by atoms with van der Waals surface area (Å²) in [5.74, 6) is 1.87. The number of nitrogens with zero attached hydrogens (tertiary/aromatic N) is 3. The third-order valence-electron chi connectivity index (χ3n) is 8.43. The lowest BCUT2D eigenvalue weighted by molar-refractivity contribution is -0.133. The zero-order valence-electron chi connectivity index (χ0n) is 23.6. The molecule has 39 heavy (non-hydrogen) atoms. The van der Waals surface area contributed by atoms with Crippen LogP contribution in [0.15, 0.2) is 78.3 Å². The van der Waals surface area contributed by atoms with Crippen molar-refractivity contribution in [1.29, 1.82) is 0 Å². The molecular formula is C34H44N4O. The summed E-state index contributed by atoms with van der Waals surface area (Å²) in [6.45, 7) is 13.8. The number of piperidine rings is 1. The molecule has 5 nitrogen and oxygen atoms in total. The summed E-state index contributed by atoms with van der Waals surface area (Å²) in [7, 11) is 1.77. The summed E-state index contributed by atoms with van der Waals surface area (Å²) in [5.41, 5.74) is 7.15. The van der Waals surface area contributed by atoms with Crippen molar-refractivity contribution in [2.24, 2.45) is 15.4 Å². The highest BCUT2D eigenvalue weighted by atomic mass is 16.2. The number of carbonyl (C=O) groups excluding carboxylic acids is 1. The van der Waals surface area contributed by atoms with E-state index in [9.17, 15) is 4.79 Å². The number of aryl methyl sites for hydroxylation is 2. The molecule has 1 saturated carbocycles. The Balaban J connectivity index is 0.000000176. The molecule has 6 rings (SSSR count). The number of rotatable bonds is 5. The maximum Gasteiger partial charge on any atom is 0.226 e. The Morgan fingerprint density at radius 1 is 1.05 bits per heavy atom. The van der Waals surface area contributed by atoms with Crippen LogP contribution in [0.4, 0.5) is 0 Å². The van der Waals surface area contributed by atoms with E-state index in [-0.39, 0.29) is 0 Å². The van der Waals surface area contributed by atoms with Crippen LogP contribution in [-0.4, -0.2) is 56.1 Å². The minimum atomic E-state index is 0.302. The van der Waals surface area contributed by atoms with Crippen molar-refractivity contribution in [2.75, 3.05) is 33.2 Å². The van der Waals surface area contributed by atoms with Gasteiger partial charge in [0.1, 0.15) is 0 Å². The maximum atomic E-state index is 12.4. The van der Waals surface area contributed by atoms with Crippen LogP contribution >= 0.6 is 0 Å². The number of fused-ring (bicyclic) bond motifs is 1. The molecule has 0 radical (unpaired) electrons. The van der Waals surface area contributed by atoms with E-state index in [0.717, 1.165) is 49.1 Å². The lowest BCUT2D eigenvalue weighted by Crippen LogP contribution is -2.58. The molecule has 2 saturated heterocycles. The van der Waals surface area contributed by atoms with E-state index < -0.39 is 0 Å². The number of amidine groups is 1. The van der Waals surface area contributed by atoms with E-state index in [4.69, 9.17) is 0 Å². The molecule has 2 aliphatic heterocycles. The van der Waals surface area contributed by atoms with Gasteiger partial charge in [0.2, 0.25) is 5.91 Å². The number of likely N-dealkylation sites (tertiary alicyclic amines) is 1. The molecule has 0 aromatic heterocycles. The van der Waals surface area contributed by atoms with Crippen LogP contribution in [0.25, 0.3) is 0 Å². The highest BCUT2D eigenvalue weighted by Gasteiger charge is 2.40. The summed E-state index contributed by atoms with van der Waals surface area (Å²) in [6, 6.07) is 15.2. The first kappa shape index (κ1) is 28.7. The fourth-order valence-electron chi connectivity index (χ4n) is 5.77. The molecule has 1 amide bonds. The minimum Gasteiger partial charge on any atom is -0.342 e. The number of hydrogen-bond donors (Lipinski definition) is 1. The first-order valence-electron chi connectivity index (χ1n) is 14.4. The van der Waals surface area contributed by atoms with Gasteiger partial charge in [0, 0.05) is 45.0 Å². The lowest BCUT2D eigenvalue weighted by atomic mass is 9.73. The Bertz CT molecular complexity index is 1180. The molecule has 1 spiro atoms. The Kier molecular flexibility index (Phi) is 10.0. The second-order valence-corrected chi connectivity index (χ2v) is 11.1. The smallest absolute Gasteiger partial charge is 0.226 e. The molecule has 3 fully saturated rings. The van der Waals surface area contributed by atoms with Gasteiger partial charge < -0.3 is 10.2 Å². The summed E-state index contributed by atoms with van der Waals surface area (Å²) in [5, 5.41) is 3.37. The average molecular weight is 525 g/mol. The molecule has 2 aromatic rings. The molecule has 2 aliphatic carbocycles. The summed E-state index contributed by atoms with van der Waals surface area (Å²) >= 11 is 0. The molecule has 2 aromatic carbocycles. The van der Waals surface area contributed by atoms with Crippen LogP contribution in [0.1, 0.15) is 65.8 Å². The Morgan fingerprint density at radius 2 is 1.74 bits per heavy atom. The fraction of sp³-hybridized carbons (Fsp3) is 0.441. The van der Waals surface area contributed by atoms with Gasteiger partial charge in [-0.1, -0.05) is 49.1 Å². The SMILES string of the molecule is C=C.C=CC=NC(=NC)c1ccc2c(c1)CCC2.O=C(Cc1ccc(C2CC2)cc1)N1CCC2(CC1)CNC2. The Morgan fingerprint density at radius 3 is 2.33 bits per heavy atom. The van der Waals surface area contributed by atoms with Crippen molar-refractivity contribution in [3.05, 3.63) is 96.1 Å². The molecule has 206 valence electrons. The number of benzene rings is 2.